The number of nitriles is 1. The van der Waals surface area contributed by atoms with E-state index in [1.54, 1.807) is 0 Å². The van der Waals surface area contributed by atoms with Gasteiger partial charge in [-0.2, -0.15) is 5.26 Å². The molecule has 1 N–H and O–H groups in total. The van der Waals surface area contributed by atoms with Crippen molar-refractivity contribution in [1.82, 2.24) is 10.3 Å². The third-order valence-electron chi connectivity index (χ3n) is 0.744. The van der Waals surface area contributed by atoms with E-state index in [0.29, 0.717) is 6.67 Å². The van der Waals surface area contributed by atoms with Gasteiger partial charge in [0.05, 0.1) is 0 Å². The molecule has 0 amide bonds. The van der Waals surface area contributed by atoms with Crippen LogP contribution in [-0.2, 0) is 0 Å². The summed E-state index contributed by atoms with van der Waals surface area (Å²) in [5, 5.41) is 11.9. The van der Waals surface area contributed by atoms with E-state index in [1.165, 1.54) is 4.90 Å². The van der Waals surface area contributed by atoms with Crippen LogP contribution in [0.3, 0.4) is 0 Å². The van der Waals surface area contributed by atoms with Crippen LogP contribution in [0.2, 0.25) is 0 Å². The predicted octanol–water partition coefficient (Wildman–Crippen LogP) is -0.160. The van der Waals surface area contributed by atoms with E-state index in [4.69, 9.17) is 16.9 Å². The van der Waals surface area contributed by atoms with Gasteiger partial charge in [0.25, 0.3) is 0 Å². The highest BCUT2D eigenvalue weighted by molar-refractivity contribution is 6.64. The van der Waals surface area contributed by atoms with Crippen molar-refractivity contribution >= 4 is 16.9 Å². The van der Waals surface area contributed by atoms with Crippen LogP contribution in [0.25, 0.3) is 0 Å². The standard InChI is InChI=1S/C3H3ClN4/c4-3-7-6-2-8(3)1-5/h6H,2H2. The molecule has 0 aromatic heterocycles. The minimum absolute atomic E-state index is 0.201. The highest BCUT2D eigenvalue weighted by Gasteiger charge is 2.11. The smallest absolute Gasteiger partial charge is 0.231 e. The second-order valence-electron chi connectivity index (χ2n) is 1.23. The molecule has 1 aliphatic rings. The SMILES string of the molecule is N#CN1CNN=C1Cl. The van der Waals surface area contributed by atoms with Gasteiger partial charge in [-0.15, -0.1) is 5.10 Å². The molecule has 0 aromatic carbocycles. The van der Waals surface area contributed by atoms with E-state index in [0.717, 1.165) is 0 Å². The summed E-state index contributed by atoms with van der Waals surface area (Å²) in [6, 6.07) is 0. The van der Waals surface area contributed by atoms with Gasteiger partial charge in [0.1, 0.15) is 6.67 Å². The number of halogens is 1. The fourth-order valence-electron chi connectivity index (χ4n) is 0.374. The van der Waals surface area contributed by atoms with Crippen molar-refractivity contribution in [2.45, 2.75) is 0 Å². The lowest BCUT2D eigenvalue weighted by atomic mass is 10.9. The molecule has 0 unspecified atom stereocenters. The van der Waals surface area contributed by atoms with Crippen molar-refractivity contribution in [3.8, 4) is 6.19 Å². The van der Waals surface area contributed by atoms with E-state index in [-0.39, 0.29) is 5.29 Å². The van der Waals surface area contributed by atoms with E-state index in [9.17, 15) is 0 Å². The van der Waals surface area contributed by atoms with E-state index >= 15 is 0 Å². The molecule has 4 nitrogen and oxygen atoms in total. The first kappa shape index (κ1) is 5.19. The van der Waals surface area contributed by atoms with Gasteiger partial charge in [0, 0.05) is 0 Å². The second-order valence-corrected chi connectivity index (χ2v) is 1.56. The van der Waals surface area contributed by atoms with Crippen LogP contribution in [0.15, 0.2) is 5.10 Å². The van der Waals surface area contributed by atoms with Crippen LogP contribution in [-0.4, -0.2) is 16.9 Å². The maximum Gasteiger partial charge on any atom is 0.231 e. The average molecular weight is 131 g/mol. The Bertz CT molecular complexity index is 157. The Labute approximate surface area is 51.3 Å². The molecule has 0 saturated carbocycles. The zero-order valence-electron chi connectivity index (χ0n) is 3.93. The molecule has 0 aromatic rings. The van der Waals surface area contributed by atoms with Crippen LogP contribution in [0.5, 0.6) is 0 Å². The topological polar surface area (TPSA) is 51.4 Å². The van der Waals surface area contributed by atoms with Gasteiger partial charge in [-0.25, -0.2) is 4.90 Å². The maximum atomic E-state index is 8.21. The quantitative estimate of drug-likeness (QED) is 0.366. The first-order valence-electron chi connectivity index (χ1n) is 1.98. The van der Waals surface area contributed by atoms with Crippen molar-refractivity contribution in [2.24, 2.45) is 5.10 Å². The molecule has 8 heavy (non-hydrogen) atoms. The van der Waals surface area contributed by atoms with Gasteiger partial charge in [-0.1, -0.05) is 0 Å². The molecular weight excluding hydrogens is 128 g/mol. The summed E-state index contributed by atoms with van der Waals surface area (Å²) in [4.78, 5) is 1.24. The summed E-state index contributed by atoms with van der Waals surface area (Å²) in [7, 11) is 0. The number of amidine groups is 1. The van der Waals surface area contributed by atoms with Crippen LogP contribution in [0.4, 0.5) is 0 Å². The molecule has 0 fully saturated rings. The predicted molar refractivity (Wildman–Crippen MR) is 28.7 cm³/mol. The first-order chi connectivity index (χ1) is 3.84. The fourth-order valence-corrected chi connectivity index (χ4v) is 0.531. The van der Waals surface area contributed by atoms with E-state index in [2.05, 4.69) is 10.5 Å². The summed E-state index contributed by atoms with van der Waals surface area (Å²) in [6.45, 7) is 0.384. The summed E-state index contributed by atoms with van der Waals surface area (Å²) >= 11 is 5.37. The zero-order valence-corrected chi connectivity index (χ0v) is 4.68. The molecule has 0 radical (unpaired) electrons. The Kier molecular flexibility index (Phi) is 1.22. The summed E-state index contributed by atoms with van der Waals surface area (Å²) in [5.74, 6) is 0. The van der Waals surface area contributed by atoms with Gasteiger partial charge in [-0.05, 0) is 11.6 Å². The Balaban J connectivity index is 2.63. The molecule has 0 bridgehead atoms. The number of hydrogen-bond acceptors (Lipinski definition) is 4. The average Bonchev–Trinajstić information content (AvgIpc) is 2.14. The number of nitrogens with one attached hydrogen (secondary N) is 1. The van der Waals surface area contributed by atoms with E-state index < -0.39 is 0 Å². The van der Waals surface area contributed by atoms with Gasteiger partial charge < -0.3 is 0 Å². The lowest BCUT2D eigenvalue weighted by molar-refractivity contribution is 0.570. The molecule has 0 atom stereocenters. The molecule has 5 heteroatoms. The second kappa shape index (κ2) is 1.88. The first-order valence-corrected chi connectivity index (χ1v) is 2.35. The third kappa shape index (κ3) is 0.678. The minimum Gasteiger partial charge on any atom is -0.286 e. The van der Waals surface area contributed by atoms with Gasteiger partial charge in [0.15, 0.2) is 6.19 Å². The lowest BCUT2D eigenvalue weighted by Gasteiger charge is -1.98. The number of hydrazone groups is 1. The molecular formula is C3H3ClN4. The highest BCUT2D eigenvalue weighted by atomic mass is 35.5. The molecule has 1 heterocycles. The molecule has 1 aliphatic heterocycles. The van der Waals surface area contributed by atoms with E-state index in [1.807, 2.05) is 6.19 Å². The van der Waals surface area contributed by atoms with Crippen LogP contribution in [0.1, 0.15) is 0 Å². The Morgan fingerprint density at radius 2 is 2.75 bits per heavy atom. The van der Waals surface area contributed by atoms with Crippen molar-refractivity contribution < 1.29 is 0 Å². The Hall–Kier alpha value is -0.950. The van der Waals surface area contributed by atoms with Crippen molar-refractivity contribution in [3.05, 3.63) is 0 Å². The normalized spacial score (nSPS) is 17.0. The lowest BCUT2D eigenvalue weighted by Crippen LogP contribution is -2.20. The molecule has 0 saturated heterocycles. The maximum absolute atomic E-state index is 8.21. The van der Waals surface area contributed by atoms with Gasteiger partial charge >= 0.3 is 0 Å². The summed E-state index contributed by atoms with van der Waals surface area (Å²) in [6.07, 6.45) is 1.82. The van der Waals surface area contributed by atoms with Crippen molar-refractivity contribution in [2.75, 3.05) is 6.67 Å². The number of nitrogens with zero attached hydrogens (tertiary/aromatic N) is 3. The molecule has 0 spiro atoms. The Morgan fingerprint density at radius 3 is 3.00 bits per heavy atom. The monoisotopic (exact) mass is 130 g/mol. The van der Waals surface area contributed by atoms with Gasteiger partial charge in [0.2, 0.25) is 5.29 Å². The fraction of sp³-hybridized carbons (Fsp3) is 0.333. The largest absolute Gasteiger partial charge is 0.286 e. The molecule has 42 valence electrons. The van der Waals surface area contributed by atoms with Crippen molar-refractivity contribution in [3.63, 3.8) is 0 Å². The van der Waals surface area contributed by atoms with Crippen LogP contribution < -0.4 is 5.43 Å². The highest BCUT2D eigenvalue weighted by Crippen LogP contribution is 1.97. The van der Waals surface area contributed by atoms with Crippen molar-refractivity contribution in [1.29, 1.82) is 5.26 Å². The van der Waals surface area contributed by atoms with Crippen LogP contribution >= 0.6 is 11.6 Å². The van der Waals surface area contributed by atoms with Crippen LogP contribution in [0, 0.1) is 11.5 Å². The number of rotatable bonds is 0. The van der Waals surface area contributed by atoms with Gasteiger partial charge in [-0.3, -0.25) is 5.43 Å². The Morgan fingerprint density at radius 1 is 2.00 bits per heavy atom. The molecule has 1 rings (SSSR count). The number of hydrogen-bond donors (Lipinski definition) is 1. The summed E-state index contributed by atoms with van der Waals surface area (Å²) < 4.78 is 0. The molecule has 0 aliphatic carbocycles. The minimum atomic E-state index is 0.201. The third-order valence-corrected chi connectivity index (χ3v) is 1.03. The zero-order chi connectivity index (χ0) is 5.98. The summed E-state index contributed by atoms with van der Waals surface area (Å²) in [5.41, 5.74) is 2.53.